The first-order valence-electron chi connectivity index (χ1n) is 8.08. The minimum Gasteiger partial charge on any atom is -0.458 e. The quantitative estimate of drug-likeness (QED) is 0.588. The van der Waals surface area contributed by atoms with Gasteiger partial charge in [-0.2, -0.15) is 16.1 Å². The van der Waals surface area contributed by atoms with Crippen LogP contribution in [0, 0.1) is 6.92 Å². The fourth-order valence-corrected chi connectivity index (χ4v) is 4.94. The molecule has 142 valence electrons. The summed E-state index contributed by atoms with van der Waals surface area (Å²) >= 11 is 3.05. The minimum atomic E-state index is -3.79. The lowest BCUT2D eigenvalue weighted by Gasteiger charge is -2.13. The molecule has 0 amide bonds. The number of thiazole rings is 1. The highest BCUT2D eigenvalue weighted by molar-refractivity contribution is 7.89. The third kappa shape index (κ3) is 5.01. The van der Waals surface area contributed by atoms with Crippen molar-refractivity contribution in [3.05, 3.63) is 57.7 Å². The lowest BCUT2D eigenvalue weighted by molar-refractivity contribution is -0.146. The summed E-state index contributed by atoms with van der Waals surface area (Å²) in [6, 6.07) is 7.36. The first-order valence-corrected chi connectivity index (χ1v) is 11.4. The fraction of sp³-hybridized carbons (Fsp3) is 0.222. The van der Waals surface area contributed by atoms with Gasteiger partial charge in [-0.15, -0.1) is 11.3 Å². The summed E-state index contributed by atoms with van der Waals surface area (Å²) in [4.78, 5) is 16.7. The number of ether oxygens (including phenoxy) is 1. The predicted molar refractivity (Wildman–Crippen MR) is 106 cm³/mol. The van der Waals surface area contributed by atoms with Crippen molar-refractivity contribution >= 4 is 38.7 Å². The van der Waals surface area contributed by atoms with Crippen LogP contribution in [-0.4, -0.2) is 25.4 Å². The molecule has 0 aliphatic carbocycles. The van der Waals surface area contributed by atoms with E-state index >= 15 is 0 Å². The van der Waals surface area contributed by atoms with Gasteiger partial charge in [-0.05, 0) is 37.4 Å². The first kappa shape index (κ1) is 19.7. The van der Waals surface area contributed by atoms with Crippen molar-refractivity contribution in [3.63, 3.8) is 0 Å². The molecule has 6 nitrogen and oxygen atoms in total. The second-order valence-electron chi connectivity index (χ2n) is 5.92. The van der Waals surface area contributed by atoms with Gasteiger partial charge >= 0.3 is 5.97 Å². The molecule has 0 radical (unpaired) electrons. The molecule has 9 heteroatoms. The Bertz CT molecular complexity index is 1010. The number of hydrogen-bond acceptors (Lipinski definition) is 7. The highest BCUT2D eigenvalue weighted by atomic mass is 32.2. The molecule has 1 aromatic carbocycles. The number of benzene rings is 1. The van der Waals surface area contributed by atoms with E-state index in [4.69, 9.17) is 4.74 Å². The fourth-order valence-electron chi connectivity index (χ4n) is 2.23. The maximum absolute atomic E-state index is 12.3. The number of aryl methyl sites for hydroxylation is 1. The summed E-state index contributed by atoms with van der Waals surface area (Å²) in [6.45, 7) is 3.31. The van der Waals surface area contributed by atoms with Gasteiger partial charge in [-0.3, -0.25) is 4.79 Å². The zero-order chi connectivity index (χ0) is 19.4. The first-order chi connectivity index (χ1) is 12.8. The van der Waals surface area contributed by atoms with E-state index in [2.05, 4.69) is 9.71 Å². The Morgan fingerprint density at radius 2 is 1.96 bits per heavy atom. The molecule has 0 spiro atoms. The maximum atomic E-state index is 12.3. The number of hydrogen-bond donors (Lipinski definition) is 1. The molecule has 0 saturated carbocycles. The van der Waals surface area contributed by atoms with Gasteiger partial charge in [0.15, 0.2) is 0 Å². The normalized spacial score (nSPS) is 12.7. The maximum Gasteiger partial charge on any atom is 0.324 e. The molecule has 1 atom stereocenters. The number of carbonyl (C=O) groups excluding carboxylic acids is 1. The Labute approximate surface area is 165 Å². The number of thiophene rings is 1. The topological polar surface area (TPSA) is 85.4 Å². The SMILES string of the molecule is Cc1ccc(S(=O)(=O)N[C@@H](C)C(=O)OCc2csc(-c3ccsc3)n2)cc1. The Morgan fingerprint density at radius 1 is 1.22 bits per heavy atom. The molecule has 0 aliphatic heterocycles. The van der Waals surface area contributed by atoms with E-state index in [1.54, 1.807) is 23.5 Å². The average molecular weight is 423 g/mol. The zero-order valence-corrected chi connectivity index (χ0v) is 17.2. The van der Waals surface area contributed by atoms with E-state index in [-0.39, 0.29) is 11.5 Å². The van der Waals surface area contributed by atoms with Gasteiger partial charge in [-0.1, -0.05) is 17.7 Å². The molecular formula is C18H18N2O4S3. The van der Waals surface area contributed by atoms with Crippen molar-refractivity contribution < 1.29 is 17.9 Å². The van der Waals surface area contributed by atoms with Gasteiger partial charge in [0.2, 0.25) is 10.0 Å². The van der Waals surface area contributed by atoms with Crippen molar-refractivity contribution in [2.75, 3.05) is 0 Å². The number of sulfonamides is 1. The number of nitrogens with zero attached hydrogens (tertiary/aromatic N) is 1. The van der Waals surface area contributed by atoms with Crippen molar-refractivity contribution in [1.82, 2.24) is 9.71 Å². The van der Waals surface area contributed by atoms with Gasteiger partial charge in [0.1, 0.15) is 17.7 Å². The third-order valence-electron chi connectivity index (χ3n) is 3.70. The summed E-state index contributed by atoms with van der Waals surface area (Å²) in [6.07, 6.45) is 0. The summed E-state index contributed by atoms with van der Waals surface area (Å²) in [5.74, 6) is -0.657. The molecule has 0 unspecified atom stereocenters. The molecule has 1 N–H and O–H groups in total. The Balaban J connectivity index is 1.57. The van der Waals surface area contributed by atoms with Crippen LogP contribution in [0.2, 0.25) is 0 Å². The largest absolute Gasteiger partial charge is 0.458 e. The van der Waals surface area contributed by atoms with E-state index in [1.165, 1.54) is 30.4 Å². The number of nitrogens with one attached hydrogen (secondary N) is 1. The van der Waals surface area contributed by atoms with Crippen molar-refractivity contribution in [2.45, 2.75) is 31.4 Å². The van der Waals surface area contributed by atoms with Crippen LogP contribution in [0.15, 0.2) is 51.4 Å². The third-order valence-corrected chi connectivity index (χ3v) is 6.88. The summed E-state index contributed by atoms with van der Waals surface area (Å²) in [7, 11) is -3.79. The van der Waals surface area contributed by atoms with Gasteiger partial charge in [0.25, 0.3) is 0 Å². The molecule has 2 aromatic heterocycles. The standard InChI is InChI=1S/C18H18N2O4S3/c1-12-3-5-16(6-4-12)27(22,23)20-13(2)18(21)24-9-15-11-26-17(19-15)14-7-8-25-10-14/h3-8,10-11,13,20H,9H2,1-2H3/t13-/m0/s1. The molecule has 3 aromatic rings. The van der Waals surface area contributed by atoms with Crippen LogP contribution in [0.1, 0.15) is 18.2 Å². The average Bonchev–Trinajstić information content (AvgIpc) is 3.31. The molecule has 0 bridgehead atoms. The molecule has 0 saturated heterocycles. The summed E-state index contributed by atoms with van der Waals surface area (Å²) < 4.78 is 32.2. The van der Waals surface area contributed by atoms with E-state index in [0.29, 0.717) is 5.69 Å². The highest BCUT2D eigenvalue weighted by Crippen LogP contribution is 2.25. The van der Waals surface area contributed by atoms with Gasteiger partial charge < -0.3 is 4.74 Å². The Hall–Kier alpha value is -2.07. The molecule has 3 rings (SSSR count). The predicted octanol–water partition coefficient (Wildman–Crippen LogP) is 3.59. The Kier molecular flexibility index (Phi) is 6.05. The van der Waals surface area contributed by atoms with Gasteiger partial charge in [-0.25, -0.2) is 13.4 Å². The number of rotatable bonds is 7. The zero-order valence-electron chi connectivity index (χ0n) is 14.7. The smallest absolute Gasteiger partial charge is 0.324 e. The monoisotopic (exact) mass is 422 g/mol. The van der Waals surface area contributed by atoms with Crippen LogP contribution in [0.5, 0.6) is 0 Å². The Morgan fingerprint density at radius 3 is 2.63 bits per heavy atom. The molecular weight excluding hydrogens is 404 g/mol. The van der Waals surface area contributed by atoms with Crippen molar-refractivity contribution in [3.8, 4) is 10.6 Å². The number of carbonyl (C=O) groups is 1. The van der Waals surface area contributed by atoms with Gasteiger partial charge in [0, 0.05) is 16.3 Å². The van der Waals surface area contributed by atoms with Gasteiger partial charge in [0.05, 0.1) is 10.6 Å². The molecule has 2 heterocycles. The van der Waals surface area contributed by atoms with Crippen LogP contribution in [0.25, 0.3) is 10.6 Å². The van der Waals surface area contributed by atoms with Crippen molar-refractivity contribution in [2.24, 2.45) is 0 Å². The van der Waals surface area contributed by atoms with E-state index < -0.39 is 22.0 Å². The van der Waals surface area contributed by atoms with Crippen LogP contribution >= 0.6 is 22.7 Å². The van der Waals surface area contributed by atoms with Crippen LogP contribution in [0.3, 0.4) is 0 Å². The lowest BCUT2D eigenvalue weighted by atomic mass is 10.2. The van der Waals surface area contributed by atoms with E-state index in [0.717, 1.165) is 16.1 Å². The van der Waals surface area contributed by atoms with E-state index in [9.17, 15) is 13.2 Å². The summed E-state index contributed by atoms with van der Waals surface area (Å²) in [5, 5.41) is 6.64. The molecule has 0 aliphatic rings. The highest BCUT2D eigenvalue weighted by Gasteiger charge is 2.23. The molecule has 27 heavy (non-hydrogen) atoms. The second-order valence-corrected chi connectivity index (χ2v) is 9.27. The summed E-state index contributed by atoms with van der Waals surface area (Å²) in [5.41, 5.74) is 2.61. The number of aromatic nitrogens is 1. The second kappa shape index (κ2) is 8.30. The van der Waals surface area contributed by atoms with Crippen LogP contribution in [-0.2, 0) is 26.2 Å². The lowest BCUT2D eigenvalue weighted by Crippen LogP contribution is -2.39. The van der Waals surface area contributed by atoms with Crippen LogP contribution < -0.4 is 4.72 Å². The number of esters is 1. The minimum absolute atomic E-state index is 0.00390. The van der Waals surface area contributed by atoms with E-state index in [1.807, 2.05) is 29.1 Å². The van der Waals surface area contributed by atoms with Crippen LogP contribution in [0.4, 0.5) is 0 Å². The molecule has 0 fully saturated rings. The van der Waals surface area contributed by atoms with Crippen molar-refractivity contribution in [1.29, 1.82) is 0 Å².